The van der Waals surface area contributed by atoms with E-state index < -0.39 is 0 Å². The van der Waals surface area contributed by atoms with E-state index in [1.807, 2.05) is 27.2 Å². The van der Waals surface area contributed by atoms with Crippen molar-refractivity contribution < 1.29 is 0 Å². The number of aromatic nitrogens is 4. The molecule has 0 aliphatic carbocycles. The molecule has 0 saturated carbocycles. The first-order valence-electron chi connectivity index (χ1n) is 4.71. The zero-order valence-electron chi connectivity index (χ0n) is 9.02. The summed E-state index contributed by atoms with van der Waals surface area (Å²) < 4.78 is 1.76. The molecule has 0 aromatic carbocycles. The van der Waals surface area contributed by atoms with Crippen LogP contribution in [0.5, 0.6) is 0 Å². The van der Waals surface area contributed by atoms with Crippen LogP contribution in [0.25, 0.3) is 16.6 Å². The van der Waals surface area contributed by atoms with Crippen LogP contribution in [0, 0.1) is 0 Å². The predicted molar refractivity (Wildman–Crippen MR) is 59.0 cm³/mol. The molecule has 0 spiro atoms. The van der Waals surface area contributed by atoms with E-state index in [9.17, 15) is 0 Å². The summed E-state index contributed by atoms with van der Waals surface area (Å²) >= 11 is 0. The normalized spacial score (nSPS) is 12.1. The molecule has 0 aliphatic heterocycles. The minimum atomic E-state index is 0.851. The average molecular weight is 203 g/mol. The van der Waals surface area contributed by atoms with Crippen molar-refractivity contribution in [2.24, 2.45) is 7.05 Å². The molecular formula is C10H13N5. The number of fused-ring (bicyclic) bond motifs is 1. The van der Waals surface area contributed by atoms with Crippen molar-refractivity contribution in [2.75, 3.05) is 7.05 Å². The van der Waals surface area contributed by atoms with Crippen molar-refractivity contribution in [3.8, 4) is 0 Å². The first-order chi connectivity index (χ1) is 7.24. The fraction of sp³-hybridized carbons (Fsp3) is 0.300. The van der Waals surface area contributed by atoms with E-state index >= 15 is 0 Å². The lowest BCUT2D eigenvalue weighted by Crippen LogP contribution is -1.96. The summed E-state index contributed by atoms with van der Waals surface area (Å²) in [5, 5.41) is 8.38. The van der Waals surface area contributed by atoms with Gasteiger partial charge < -0.3 is 5.32 Å². The van der Waals surface area contributed by atoms with Crippen molar-refractivity contribution in [3.63, 3.8) is 0 Å². The van der Waals surface area contributed by atoms with E-state index in [0.717, 1.165) is 22.3 Å². The second-order valence-corrected chi connectivity index (χ2v) is 3.35. The smallest absolute Gasteiger partial charge is 0.161 e. The molecular weight excluding hydrogens is 190 g/mol. The highest BCUT2D eigenvalue weighted by atomic mass is 15.3. The lowest BCUT2D eigenvalue weighted by molar-refractivity contribution is 0.780. The number of hydrogen-bond acceptors (Lipinski definition) is 4. The third kappa shape index (κ3) is 1.56. The van der Waals surface area contributed by atoms with E-state index in [2.05, 4.69) is 20.4 Å². The zero-order chi connectivity index (χ0) is 10.8. The zero-order valence-corrected chi connectivity index (χ0v) is 9.02. The Labute approximate surface area is 87.8 Å². The van der Waals surface area contributed by atoms with Crippen molar-refractivity contribution in [3.05, 3.63) is 24.4 Å². The van der Waals surface area contributed by atoms with E-state index in [4.69, 9.17) is 0 Å². The Balaban J connectivity index is 2.67. The third-order valence-electron chi connectivity index (χ3n) is 2.24. The molecule has 0 unspecified atom stereocenters. The second-order valence-electron chi connectivity index (χ2n) is 3.35. The van der Waals surface area contributed by atoms with Gasteiger partial charge in [0.15, 0.2) is 5.65 Å². The maximum Gasteiger partial charge on any atom is 0.161 e. The van der Waals surface area contributed by atoms with Crippen molar-refractivity contribution in [1.82, 2.24) is 25.1 Å². The molecule has 5 heteroatoms. The third-order valence-corrected chi connectivity index (χ3v) is 2.24. The molecule has 5 nitrogen and oxygen atoms in total. The summed E-state index contributed by atoms with van der Waals surface area (Å²) in [4.78, 5) is 8.20. The van der Waals surface area contributed by atoms with Gasteiger partial charge in [0.1, 0.15) is 12.0 Å². The molecule has 0 saturated heterocycles. The van der Waals surface area contributed by atoms with Gasteiger partial charge in [-0.1, -0.05) is 0 Å². The first-order valence-corrected chi connectivity index (χ1v) is 4.71. The fourth-order valence-corrected chi connectivity index (χ4v) is 1.58. The van der Waals surface area contributed by atoms with Crippen molar-refractivity contribution in [2.45, 2.75) is 6.92 Å². The maximum absolute atomic E-state index is 4.41. The average Bonchev–Trinajstić information content (AvgIpc) is 2.58. The molecule has 0 aliphatic rings. The molecule has 0 radical (unpaired) electrons. The van der Waals surface area contributed by atoms with Gasteiger partial charge >= 0.3 is 0 Å². The van der Waals surface area contributed by atoms with Crippen LogP contribution in [-0.4, -0.2) is 26.8 Å². The number of nitrogens with zero attached hydrogens (tertiary/aromatic N) is 4. The van der Waals surface area contributed by atoms with Crippen molar-refractivity contribution in [1.29, 1.82) is 0 Å². The topological polar surface area (TPSA) is 55.6 Å². The fourth-order valence-electron chi connectivity index (χ4n) is 1.58. The van der Waals surface area contributed by atoms with Crippen LogP contribution < -0.4 is 5.32 Å². The lowest BCUT2D eigenvalue weighted by Gasteiger charge is -1.96. The van der Waals surface area contributed by atoms with Gasteiger partial charge in [-0.25, -0.2) is 14.6 Å². The van der Waals surface area contributed by atoms with Gasteiger partial charge in [-0.15, -0.1) is 0 Å². The number of nitrogens with one attached hydrogen (secondary N) is 1. The molecule has 1 N–H and O–H groups in total. The van der Waals surface area contributed by atoms with Crippen LogP contribution >= 0.6 is 0 Å². The standard InChI is InChI=1S/C10H13N5/c1-7(4-11-2)9-8-5-12-6-13-10(8)15(3)14-9/h4-6,11H,1-3H3/b7-4+. The SMILES string of the molecule is CN/C=C(\C)c1nn(C)c2ncncc12. The molecule has 0 bridgehead atoms. The summed E-state index contributed by atoms with van der Waals surface area (Å²) in [6.07, 6.45) is 5.23. The molecule has 0 fully saturated rings. The summed E-state index contributed by atoms with van der Waals surface area (Å²) in [6, 6.07) is 0. The van der Waals surface area contributed by atoms with Gasteiger partial charge in [0.05, 0.1) is 5.39 Å². The summed E-state index contributed by atoms with van der Waals surface area (Å²) in [5.41, 5.74) is 2.84. The minimum absolute atomic E-state index is 0.851. The Morgan fingerprint density at radius 1 is 1.53 bits per heavy atom. The Bertz CT molecular complexity index is 512. The Kier molecular flexibility index (Phi) is 2.37. The molecule has 0 amide bonds. The molecule has 2 aromatic heterocycles. The van der Waals surface area contributed by atoms with E-state index in [1.54, 1.807) is 10.9 Å². The molecule has 2 rings (SSSR count). The molecule has 2 heterocycles. The Morgan fingerprint density at radius 2 is 2.33 bits per heavy atom. The highest BCUT2D eigenvalue weighted by Crippen LogP contribution is 2.20. The maximum atomic E-state index is 4.41. The number of hydrogen-bond donors (Lipinski definition) is 1. The van der Waals surface area contributed by atoms with Gasteiger partial charge in [0.25, 0.3) is 0 Å². The van der Waals surface area contributed by atoms with Crippen LogP contribution in [-0.2, 0) is 7.05 Å². The number of allylic oxidation sites excluding steroid dienone is 1. The van der Waals surface area contributed by atoms with Gasteiger partial charge in [-0.05, 0) is 12.5 Å². The summed E-state index contributed by atoms with van der Waals surface area (Å²) in [5.74, 6) is 0. The Hall–Kier alpha value is -1.91. The van der Waals surface area contributed by atoms with Gasteiger partial charge in [-0.2, -0.15) is 5.10 Å². The van der Waals surface area contributed by atoms with Crippen LogP contribution in [0.2, 0.25) is 0 Å². The van der Waals surface area contributed by atoms with E-state index in [0.29, 0.717) is 0 Å². The van der Waals surface area contributed by atoms with Gasteiger partial charge in [0.2, 0.25) is 0 Å². The van der Waals surface area contributed by atoms with Gasteiger partial charge in [-0.3, -0.25) is 0 Å². The number of aryl methyl sites for hydroxylation is 1. The van der Waals surface area contributed by atoms with Crippen LogP contribution in [0.1, 0.15) is 12.6 Å². The highest BCUT2D eigenvalue weighted by molar-refractivity contribution is 5.87. The van der Waals surface area contributed by atoms with E-state index in [-0.39, 0.29) is 0 Å². The molecule has 2 aromatic rings. The summed E-state index contributed by atoms with van der Waals surface area (Å²) in [7, 11) is 3.75. The predicted octanol–water partition coefficient (Wildman–Crippen LogP) is 0.943. The quantitative estimate of drug-likeness (QED) is 0.789. The molecule has 0 atom stereocenters. The van der Waals surface area contributed by atoms with Crippen LogP contribution in [0.3, 0.4) is 0 Å². The molecule has 15 heavy (non-hydrogen) atoms. The van der Waals surface area contributed by atoms with Crippen LogP contribution in [0.4, 0.5) is 0 Å². The second kappa shape index (κ2) is 3.68. The molecule has 78 valence electrons. The minimum Gasteiger partial charge on any atom is -0.394 e. The largest absolute Gasteiger partial charge is 0.394 e. The van der Waals surface area contributed by atoms with Gasteiger partial charge in [0, 0.05) is 26.5 Å². The number of rotatable bonds is 2. The monoisotopic (exact) mass is 203 g/mol. The van der Waals surface area contributed by atoms with Crippen LogP contribution in [0.15, 0.2) is 18.7 Å². The summed E-state index contributed by atoms with van der Waals surface area (Å²) in [6.45, 7) is 2.01. The lowest BCUT2D eigenvalue weighted by atomic mass is 10.2. The Morgan fingerprint density at radius 3 is 3.07 bits per heavy atom. The highest BCUT2D eigenvalue weighted by Gasteiger charge is 2.10. The van der Waals surface area contributed by atoms with Crippen molar-refractivity contribution >= 4 is 16.6 Å². The van der Waals surface area contributed by atoms with E-state index in [1.165, 1.54) is 6.33 Å². The first kappa shape index (κ1) is 9.64.